The minimum Gasteiger partial charge on any atom is -0.457 e. The van der Waals surface area contributed by atoms with Gasteiger partial charge in [-0.05, 0) is 36.8 Å². The number of aliphatic imine (C=N–C) groups is 1. The summed E-state index contributed by atoms with van der Waals surface area (Å²) >= 11 is 0. The Kier molecular flexibility index (Phi) is 6.47. The third-order valence-corrected chi connectivity index (χ3v) is 3.67. The monoisotopic (exact) mass is 375 g/mol. The van der Waals surface area contributed by atoms with Crippen molar-refractivity contribution in [3.8, 4) is 11.5 Å². The van der Waals surface area contributed by atoms with Gasteiger partial charge in [0.2, 0.25) is 0 Å². The van der Waals surface area contributed by atoms with Crippen LogP contribution in [-0.2, 0) is 6.54 Å². The van der Waals surface area contributed by atoms with Crippen molar-refractivity contribution in [2.75, 3.05) is 19.6 Å². The highest BCUT2D eigenvalue weighted by Gasteiger charge is 2.13. The predicted octanol–water partition coefficient (Wildman–Crippen LogP) is 3.84. The molecule has 0 unspecified atom stereocenters. The standard InChI is InChI=1S/C18H21N3O.BrH/c1-2-21-13-12-19-18(21)20-14-15-8-10-17(11-9-15)22-16-6-4-3-5-7-16;/h3-11H,2,12-14H2,1H3,(H,19,20);1H. The first-order valence-electron chi connectivity index (χ1n) is 7.70. The smallest absolute Gasteiger partial charge is 0.194 e. The third-order valence-electron chi connectivity index (χ3n) is 3.67. The van der Waals surface area contributed by atoms with E-state index in [2.05, 4.69) is 34.3 Å². The number of ether oxygens (including phenoxy) is 1. The molecule has 1 heterocycles. The van der Waals surface area contributed by atoms with Gasteiger partial charge in [-0.2, -0.15) is 0 Å². The molecule has 1 N–H and O–H groups in total. The molecule has 5 heteroatoms. The highest BCUT2D eigenvalue weighted by molar-refractivity contribution is 8.93. The van der Waals surface area contributed by atoms with Crippen molar-refractivity contribution in [2.45, 2.75) is 13.5 Å². The van der Waals surface area contributed by atoms with Gasteiger partial charge in [-0.3, -0.25) is 4.99 Å². The Morgan fingerprint density at radius 3 is 2.43 bits per heavy atom. The summed E-state index contributed by atoms with van der Waals surface area (Å²) in [5.41, 5.74) is 1.21. The Morgan fingerprint density at radius 2 is 1.74 bits per heavy atom. The Hall–Kier alpha value is -2.01. The number of hydrogen-bond acceptors (Lipinski definition) is 4. The Bertz CT molecular complexity index is 628. The molecule has 0 aromatic heterocycles. The topological polar surface area (TPSA) is 36.9 Å². The molecule has 2 aromatic carbocycles. The maximum atomic E-state index is 5.79. The molecule has 1 aliphatic heterocycles. The van der Waals surface area contributed by atoms with Gasteiger partial charge in [0.05, 0.1) is 6.54 Å². The molecular weight excluding hydrogens is 354 g/mol. The summed E-state index contributed by atoms with van der Waals surface area (Å²) in [5, 5.41) is 3.40. The number of guanidine groups is 1. The molecule has 0 spiro atoms. The van der Waals surface area contributed by atoms with Crippen LogP contribution >= 0.6 is 17.0 Å². The first-order valence-corrected chi connectivity index (χ1v) is 7.70. The number of para-hydroxylation sites is 1. The van der Waals surface area contributed by atoms with Crippen molar-refractivity contribution in [3.63, 3.8) is 0 Å². The summed E-state index contributed by atoms with van der Waals surface area (Å²) in [6.45, 7) is 5.83. The van der Waals surface area contributed by atoms with E-state index >= 15 is 0 Å². The first-order chi connectivity index (χ1) is 10.8. The van der Waals surface area contributed by atoms with Gasteiger partial charge in [0, 0.05) is 19.6 Å². The normalized spacial score (nSPS) is 13.3. The molecule has 2 aromatic rings. The molecule has 1 aliphatic rings. The van der Waals surface area contributed by atoms with Gasteiger partial charge in [-0.15, -0.1) is 17.0 Å². The Morgan fingerprint density at radius 1 is 1.04 bits per heavy atom. The van der Waals surface area contributed by atoms with E-state index in [-0.39, 0.29) is 17.0 Å². The highest BCUT2D eigenvalue weighted by atomic mass is 79.9. The summed E-state index contributed by atoms with van der Waals surface area (Å²) < 4.78 is 5.79. The number of rotatable bonds is 5. The summed E-state index contributed by atoms with van der Waals surface area (Å²) in [7, 11) is 0. The fourth-order valence-electron chi connectivity index (χ4n) is 2.44. The molecule has 0 saturated heterocycles. The van der Waals surface area contributed by atoms with Gasteiger partial charge in [-0.25, -0.2) is 0 Å². The predicted molar refractivity (Wildman–Crippen MR) is 99.7 cm³/mol. The van der Waals surface area contributed by atoms with Crippen molar-refractivity contribution in [3.05, 3.63) is 60.2 Å². The van der Waals surface area contributed by atoms with E-state index < -0.39 is 0 Å². The second kappa shape index (κ2) is 8.58. The van der Waals surface area contributed by atoms with E-state index in [1.165, 1.54) is 5.56 Å². The van der Waals surface area contributed by atoms with Crippen LogP contribution in [0.25, 0.3) is 0 Å². The van der Waals surface area contributed by atoms with Gasteiger partial charge in [-0.1, -0.05) is 30.3 Å². The number of likely N-dealkylation sites (N-methyl/N-ethyl adjacent to an activating group) is 1. The molecule has 0 aliphatic carbocycles. The number of hydrogen-bond donors (Lipinski definition) is 1. The zero-order valence-electron chi connectivity index (χ0n) is 13.2. The van der Waals surface area contributed by atoms with E-state index in [4.69, 9.17) is 4.74 Å². The molecule has 23 heavy (non-hydrogen) atoms. The molecule has 0 saturated carbocycles. The maximum Gasteiger partial charge on any atom is 0.194 e. The van der Waals surface area contributed by atoms with E-state index in [0.717, 1.165) is 43.6 Å². The molecule has 0 atom stereocenters. The lowest BCUT2D eigenvalue weighted by atomic mass is 10.2. The second-order valence-electron chi connectivity index (χ2n) is 5.20. The minimum atomic E-state index is 0. The van der Waals surface area contributed by atoms with Crippen LogP contribution < -0.4 is 10.1 Å². The molecule has 0 bridgehead atoms. The summed E-state index contributed by atoms with van der Waals surface area (Å²) in [6, 6.07) is 18.0. The van der Waals surface area contributed by atoms with Gasteiger partial charge in [0.25, 0.3) is 0 Å². The van der Waals surface area contributed by atoms with Crippen LogP contribution in [-0.4, -0.2) is 30.5 Å². The summed E-state index contributed by atoms with van der Waals surface area (Å²) in [5.74, 6) is 2.71. The zero-order chi connectivity index (χ0) is 15.2. The molecule has 122 valence electrons. The van der Waals surface area contributed by atoms with E-state index in [9.17, 15) is 0 Å². The third kappa shape index (κ3) is 4.73. The molecule has 0 fully saturated rings. The molecule has 3 rings (SSSR count). The fourth-order valence-corrected chi connectivity index (χ4v) is 2.44. The lowest BCUT2D eigenvalue weighted by Gasteiger charge is -2.18. The van der Waals surface area contributed by atoms with Crippen LogP contribution in [0.3, 0.4) is 0 Å². The SMILES string of the molecule is Br.CCN1CCN=C1NCc1ccc(Oc2ccccc2)cc1. The number of nitrogens with one attached hydrogen (secondary N) is 1. The van der Waals surface area contributed by atoms with Gasteiger partial charge in [0.15, 0.2) is 5.96 Å². The van der Waals surface area contributed by atoms with Crippen LogP contribution in [0.5, 0.6) is 11.5 Å². The lowest BCUT2D eigenvalue weighted by molar-refractivity contribution is 0.466. The van der Waals surface area contributed by atoms with Crippen LogP contribution in [0.1, 0.15) is 12.5 Å². The van der Waals surface area contributed by atoms with Crippen molar-refractivity contribution in [1.82, 2.24) is 10.2 Å². The summed E-state index contributed by atoms with van der Waals surface area (Å²) in [6.07, 6.45) is 0. The Balaban J connectivity index is 0.00000192. The van der Waals surface area contributed by atoms with Gasteiger partial charge in [0.1, 0.15) is 11.5 Å². The van der Waals surface area contributed by atoms with Crippen LogP contribution in [0, 0.1) is 0 Å². The Labute approximate surface area is 148 Å². The lowest BCUT2D eigenvalue weighted by Crippen LogP contribution is -2.37. The zero-order valence-corrected chi connectivity index (χ0v) is 14.9. The van der Waals surface area contributed by atoms with Crippen LogP contribution in [0.4, 0.5) is 0 Å². The largest absolute Gasteiger partial charge is 0.457 e. The molecule has 0 amide bonds. The van der Waals surface area contributed by atoms with Crippen molar-refractivity contribution in [2.24, 2.45) is 4.99 Å². The number of nitrogens with zero attached hydrogens (tertiary/aromatic N) is 2. The van der Waals surface area contributed by atoms with E-state index in [1.54, 1.807) is 0 Å². The average Bonchev–Trinajstić information content (AvgIpc) is 3.03. The van der Waals surface area contributed by atoms with Crippen molar-refractivity contribution >= 4 is 22.9 Å². The molecule has 0 radical (unpaired) electrons. The van der Waals surface area contributed by atoms with Crippen LogP contribution in [0.2, 0.25) is 0 Å². The fraction of sp³-hybridized carbons (Fsp3) is 0.278. The van der Waals surface area contributed by atoms with Crippen LogP contribution in [0.15, 0.2) is 59.6 Å². The average molecular weight is 376 g/mol. The minimum absolute atomic E-state index is 0. The highest BCUT2D eigenvalue weighted by Crippen LogP contribution is 2.21. The number of benzene rings is 2. The van der Waals surface area contributed by atoms with Gasteiger partial charge >= 0.3 is 0 Å². The molecular formula is C18H22BrN3O. The van der Waals surface area contributed by atoms with Crippen molar-refractivity contribution in [1.29, 1.82) is 0 Å². The summed E-state index contributed by atoms with van der Waals surface area (Å²) in [4.78, 5) is 6.74. The van der Waals surface area contributed by atoms with E-state index in [0.29, 0.717) is 0 Å². The number of halogens is 1. The maximum absolute atomic E-state index is 5.79. The quantitative estimate of drug-likeness (QED) is 0.862. The first kappa shape index (κ1) is 17.3. The molecule has 4 nitrogen and oxygen atoms in total. The van der Waals surface area contributed by atoms with Crippen molar-refractivity contribution < 1.29 is 4.74 Å². The van der Waals surface area contributed by atoms with Gasteiger partial charge < -0.3 is 15.0 Å². The van der Waals surface area contributed by atoms with E-state index in [1.807, 2.05) is 42.5 Å². The second-order valence-corrected chi connectivity index (χ2v) is 5.20.